The molecule has 0 aliphatic rings. The Hall–Kier alpha value is -0.770. The molecule has 0 bridgehead atoms. The molecule has 0 radical (unpaired) electrons. The molecule has 1 aromatic carbocycles. The van der Waals surface area contributed by atoms with Crippen molar-refractivity contribution in [3.05, 3.63) is 28.8 Å². The number of benzene rings is 1. The van der Waals surface area contributed by atoms with Crippen LogP contribution in [0, 0.1) is 0 Å². The Balaban J connectivity index is 2.71. The lowest BCUT2D eigenvalue weighted by atomic mass is 10.0. The first-order valence-corrected chi connectivity index (χ1v) is 6.59. The van der Waals surface area contributed by atoms with Crippen molar-refractivity contribution in [2.75, 3.05) is 34.8 Å². The number of nitrogens with zero attached hydrogens (tertiary/aromatic N) is 1. The predicted octanol–water partition coefficient (Wildman–Crippen LogP) is 2.43. The molecular weight excluding hydrogens is 248 g/mol. The molecule has 1 unspecified atom stereocenters. The largest absolute Gasteiger partial charge is 0.496 e. The summed E-state index contributed by atoms with van der Waals surface area (Å²) in [6.07, 6.45) is 2.02. The zero-order chi connectivity index (χ0) is 13.5. The maximum atomic E-state index is 6.04. The van der Waals surface area contributed by atoms with Crippen LogP contribution in [-0.4, -0.2) is 45.7 Å². The van der Waals surface area contributed by atoms with Crippen LogP contribution in [0.4, 0.5) is 0 Å². The standard InChI is InChI=1S/C14H23ClN2O/c1-16-13(7-8-17(2)3)10-11-9-12(15)5-6-14(11)18-4/h5-6,9,13,16H,7-8,10H2,1-4H3. The molecule has 0 aromatic heterocycles. The van der Waals surface area contributed by atoms with Crippen LogP contribution in [0.15, 0.2) is 18.2 Å². The molecule has 3 nitrogen and oxygen atoms in total. The second-order valence-corrected chi connectivity index (χ2v) is 5.17. The van der Waals surface area contributed by atoms with E-state index in [4.69, 9.17) is 16.3 Å². The molecule has 0 heterocycles. The highest BCUT2D eigenvalue weighted by Crippen LogP contribution is 2.24. The lowest BCUT2D eigenvalue weighted by Crippen LogP contribution is -2.31. The van der Waals surface area contributed by atoms with E-state index in [-0.39, 0.29) is 0 Å². The topological polar surface area (TPSA) is 24.5 Å². The lowest BCUT2D eigenvalue weighted by molar-refractivity contribution is 0.360. The van der Waals surface area contributed by atoms with Gasteiger partial charge in [-0.2, -0.15) is 0 Å². The first-order chi connectivity index (χ1) is 8.56. The van der Waals surface area contributed by atoms with E-state index in [0.29, 0.717) is 6.04 Å². The minimum atomic E-state index is 0.430. The van der Waals surface area contributed by atoms with Gasteiger partial charge in [-0.3, -0.25) is 0 Å². The fourth-order valence-corrected chi connectivity index (χ4v) is 2.13. The Morgan fingerprint density at radius 2 is 2.11 bits per heavy atom. The second-order valence-electron chi connectivity index (χ2n) is 4.74. The Bertz CT molecular complexity index is 369. The quantitative estimate of drug-likeness (QED) is 0.824. The number of hydrogen-bond acceptors (Lipinski definition) is 3. The summed E-state index contributed by atoms with van der Waals surface area (Å²) < 4.78 is 5.37. The highest BCUT2D eigenvalue weighted by molar-refractivity contribution is 6.30. The van der Waals surface area contributed by atoms with Gasteiger partial charge in [0, 0.05) is 11.1 Å². The van der Waals surface area contributed by atoms with Crippen molar-refractivity contribution < 1.29 is 4.74 Å². The smallest absolute Gasteiger partial charge is 0.122 e. The van der Waals surface area contributed by atoms with Crippen LogP contribution in [0.3, 0.4) is 0 Å². The summed E-state index contributed by atoms with van der Waals surface area (Å²) in [7, 11) is 7.87. The molecule has 0 spiro atoms. The second kappa shape index (κ2) is 7.62. The SMILES string of the molecule is CNC(CCN(C)C)Cc1cc(Cl)ccc1OC. The van der Waals surface area contributed by atoms with Crippen LogP contribution in [-0.2, 0) is 6.42 Å². The van der Waals surface area contributed by atoms with Gasteiger partial charge in [-0.05, 0) is 64.3 Å². The van der Waals surface area contributed by atoms with Crippen LogP contribution in [0.5, 0.6) is 5.75 Å². The van der Waals surface area contributed by atoms with Gasteiger partial charge in [-0.15, -0.1) is 0 Å². The lowest BCUT2D eigenvalue weighted by Gasteiger charge is -2.20. The summed E-state index contributed by atoms with van der Waals surface area (Å²) in [5, 5.41) is 4.11. The molecule has 0 aliphatic heterocycles. The first kappa shape index (κ1) is 15.3. The highest BCUT2D eigenvalue weighted by atomic mass is 35.5. The normalized spacial score (nSPS) is 12.8. The van der Waals surface area contributed by atoms with Crippen molar-refractivity contribution in [2.24, 2.45) is 0 Å². The third-order valence-electron chi connectivity index (χ3n) is 3.04. The van der Waals surface area contributed by atoms with E-state index in [9.17, 15) is 0 Å². The molecule has 102 valence electrons. The number of nitrogens with one attached hydrogen (secondary N) is 1. The molecule has 1 N–H and O–H groups in total. The van der Waals surface area contributed by atoms with Gasteiger partial charge in [0.15, 0.2) is 0 Å². The molecule has 4 heteroatoms. The maximum Gasteiger partial charge on any atom is 0.122 e. The van der Waals surface area contributed by atoms with Gasteiger partial charge >= 0.3 is 0 Å². The Morgan fingerprint density at radius 3 is 2.67 bits per heavy atom. The van der Waals surface area contributed by atoms with Crippen LogP contribution in [0.2, 0.25) is 5.02 Å². The van der Waals surface area contributed by atoms with Crippen molar-refractivity contribution in [2.45, 2.75) is 18.9 Å². The summed E-state index contributed by atoms with van der Waals surface area (Å²) in [6, 6.07) is 6.20. The number of likely N-dealkylation sites (N-methyl/N-ethyl adjacent to an activating group) is 1. The van der Waals surface area contributed by atoms with E-state index < -0.39 is 0 Å². The molecule has 1 rings (SSSR count). The van der Waals surface area contributed by atoms with Gasteiger partial charge in [-0.1, -0.05) is 11.6 Å². The van der Waals surface area contributed by atoms with Crippen molar-refractivity contribution in [3.8, 4) is 5.75 Å². The third-order valence-corrected chi connectivity index (χ3v) is 3.28. The molecule has 0 aliphatic carbocycles. The van der Waals surface area contributed by atoms with Crippen LogP contribution >= 0.6 is 11.6 Å². The number of methoxy groups -OCH3 is 1. The number of rotatable bonds is 7. The monoisotopic (exact) mass is 270 g/mol. The van der Waals surface area contributed by atoms with Crippen molar-refractivity contribution in [1.82, 2.24) is 10.2 Å². The van der Waals surface area contributed by atoms with E-state index in [1.54, 1.807) is 7.11 Å². The number of ether oxygens (including phenoxy) is 1. The molecule has 0 amide bonds. The van der Waals surface area contributed by atoms with Crippen LogP contribution in [0.25, 0.3) is 0 Å². The van der Waals surface area contributed by atoms with E-state index in [1.807, 2.05) is 25.2 Å². The minimum Gasteiger partial charge on any atom is -0.496 e. The van der Waals surface area contributed by atoms with Gasteiger partial charge in [0.05, 0.1) is 7.11 Å². The minimum absolute atomic E-state index is 0.430. The van der Waals surface area contributed by atoms with Crippen molar-refractivity contribution in [1.29, 1.82) is 0 Å². The Morgan fingerprint density at radius 1 is 1.39 bits per heavy atom. The summed E-state index contributed by atoms with van der Waals surface area (Å²) in [6.45, 7) is 1.06. The summed E-state index contributed by atoms with van der Waals surface area (Å²) in [5.41, 5.74) is 1.16. The Kier molecular flexibility index (Phi) is 6.47. The van der Waals surface area contributed by atoms with E-state index >= 15 is 0 Å². The number of halogens is 1. The molecule has 0 saturated heterocycles. The van der Waals surface area contributed by atoms with Crippen molar-refractivity contribution >= 4 is 11.6 Å². The first-order valence-electron chi connectivity index (χ1n) is 6.21. The van der Waals surface area contributed by atoms with E-state index in [1.165, 1.54) is 0 Å². The van der Waals surface area contributed by atoms with Gasteiger partial charge in [0.2, 0.25) is 0 Å². The van der Waals surface area contributed by atoms with Gasteiger partial charge in [0.1, 0.15) is 5.75 Å². The van der Waals surface area contributed by atoms with Crippen LogP contribution in [0.1, 0.15) is 12.0 Å². The maximum absolute atomic E-state index is 6.04. The zero-order valence-corrected chi connectivity index (χ0v) is 12.4. The summed E-state index contributed by atoms with van der Waals surface area (Å²) in [4.78, 5) is 2.19. The molecule has 18 heavy (non-hydrogen) atoms. The van der Waals surface area contributed by atoms with Gasteiger partial charge in [0.25, 0.3) is 0 Å². The third kappa shape index (κ3) is 4.84. The van der Waals surface area contributed by atoms with E-state index in [2.05, 4.69) is 24.3 Å². The molecule has 1 aromatic rings. The zero-order valence-electron chi connectivity index (χ0n) is 11.7. The molecule has 1 atom stereocenters. The fourth-order valence-electron chi connectivity index (χ4n) is 1.93. The summed E-state index contributed by atoms with van der Waals surface area (Å²) in [5.74, 6) is 0.907. The average Bonchev–Trinajstić information content (AvgIpc) is 2.34. The number of hydrogen-bond donors (Lipinski definition) is 1. The van der Waals surface area contributed by atoms with Crippen LogP contribution < -0.4 is 10.1 Å². The molecule has 0 saturated carbocycles. The molecule has 0 fully saturated rings. The van der Waals surface area contributed by atoms with Gasteiger partial charge in [-0.25, -0.2) is 0 Å². The molecular formula is C14H23ClN2O. The van der Waals surface area contributed by atoms with E-state index in [0.717, 1.165) is 35.7 Å². The Labute approximate surface area is 115 Å². The predicted molar refractivity (Wildman–Crippen MR) is 77.7 cm³/mol. The fraction of sp³-hybridized carbons (Fsp3) is 0.571. The highest BCUT2D eigenvalue weighted by Gasteiger charge is 2.11. The average molecular weight is 271 g/mol. The summed E-state index contributed by atoms with van der Waals surface area (Å²) >= 11 is 6.04. The van der Waals surface area contributed by atoms with Gasteiger partial charge < -0.3 is 15.0 Å². The van der Waals surface area contributed by atoms with Crippen molar-refractivity contribution in [3.63, 3.8) is 0 Å².